The number of amides is 2. The van der Waals surface area contributed by atoms with Gasteiger partial charge in [0.25, 0.3) is 0 Å². The quantitative estimate of drug-likeness (QED) is 0.0922. The van der Waals surface area contributed by atoms with Crippen LogP contribution in [0, 0.1) is 24.0 Å². The number of piperazine rings is 1. The number of nitrogens with zero attached hydrogens (tertiary/aromatic N) is 8. The molecule has 7 heterocycles. The van der Waals surface area contributed by atoms with Crippen molar-refractivity contribution in [1.29, 1.82) is 0 Å². The first-order chi connectivity index (χ1) is 33.5. The number of aldehydes is 1. The first kappa shape index (κ1) is 47.3. The van der Waals surface area contributed by atoms with Gasteiger partial charge in [0.15, 0.2) is 5.82 Å². The summed E-state index contributed by atoms with van der Waals surface area (Å²) in [6, 6.07) is 12.7. The Balaban J connectivity index is 0.000000190. The molecule has 2 bridgehead atoms. The van der Waals surface area contributed by atoms with E-state index in [-0.39, 0.29) is 46.1 Å². The number of aromatic nitrogens is 5. The van der Waals surface area contributed by atoms with Crippen molar-refractivity contribution in [2.45, 2.75) is 88.3 Å². The van der Waals surface area contributed by atoms with Gasteiger partial charge in [0.1, 0.15) is 41.0 Å². The molecule has 3 aromatic heterocycles. The number of nitrogens with one attached hydrogen (secondary N) is 2. The zero-order chi connectivity index (χ0) is 48.3. The second-order valence-electron chi connectivity index (χ2n) is 18.6. The Hall–Kier alpha value is -6.77. The monoisotopic (exact) mass is 940 g/mol. The zero-order valence-corrected chi connectivity index (χ0v) is 39.3. The molecule has 4 saturated heterocycles. The fourth-order valence-electron chi connectivity index (χ4n) is 10.7. The number of fused-ring (bicyclic) bond motifs is 5. The van der Waals surface area contributed by atoms with E-state index >= 15 is 4.39 Å². The van der Waals surface area contributed by atoms with Crippen molar-refractivity contribution in [1.82, 2.24) is 45.2 Å². The van der Waals surface area contributed by atoms with Crippen molar-refractivity contribution in [3.63, 3.8) is 0 Å². The normalized spacial score (nSPS) is 19.3. The van der Waals surface area contributed by atoms with Gasteiger partial charge in [-0.25, -0.2) is 8.78 Å². The molecule has 15 nitrogen and oxygen atoms in total. The predicted molar refractivity (Wildman–Crippen MR) is 260 cm³/mol. The number of likely N-dealkylation sites (N-methyl/N-ethyl adjacent to an activating group) is 1. The smallest absolute Gasteiger partial charge is 0.319 e. The molecule has 17 heteroatoms. The van der Waals surface area contributed by atoms with Crippen LogP contribution in [-0.4, -0.2) is 129 Å². The summed E-state index contributed by atoms with van der Waals surface area (Å²) in [6.45, 7) is 8.02. The number of piperidine rings is 2. The zero-order valence-electron chi connectivity index (χ0n) is 39.3. The predicted octanol–water partition coefficient (Wildman–Crippen LogP) is 6.33. The SMILES string of the molecule is C#Cc1c(F)ccc2cc(O)cc(-c3ncc4c(N5CC6CCC(C5)N6)nc(OC5CCN(CC)CC5)nc4c3F)c12.CNC(=O)C(CCC=O)c1nn(C)c2cc(C3CCN(C=O)CC3)ccc12. The van der Waals surface area contributed by atoms with Crippen LogP contribution in [0.1, 0.15) is 86.9 Å². The molecule has 3 aromatic carbocycles. The molecule has 2 amide bonds. The lowest BCUT2D eigenvalue weighted by Crippen LogP contribution is -2.51. The Morgan fingerprint density at radius 3 is 2.43 bits per heavy atom. The molecular weight excluding hydrogens is 883 g/mol. The third kappa shape index (κ3) is 9.65. The van der Waals surface area contributed by atoms with E-state index in [0.29, 0.717) is 52.8 Å². The van der Waals surface area contributed by atoms with Gasteiger partial charge in [-0.15, -0.1) is 6.42 Å². The van der Waals surface area contributed by atoms with E-state index < -0.39 is 17.6 Å². The number of hydrogen-bond donors (Lipinski definition) is 3. The van der Waals surface area contributed by atoms with Crippen molar-refractivity contribution in [3.8, 4) is 35.4 Å². The van der Waals surface area contributed by atoms with E-state index in [1.807, 2.05) is 22.7 Å². The summed E-state index contributed by atoms with van der Waals surface area (Å²) in [5.74, 6) is 1.40. The van der Waals surface area contributed by atoms with E-state index in [4.69, 9.17) is 16.1 Å². The summed E-state index contributed by atoms with van der Waals surface area (Å²) in [5.41, 5.74) is 3.09. The van der Waals surface area contributed by atoms with Crippen molar-refractivity contribution in [2.24, 2.45) is 7.05 Å². The van der Waals surface area contributed by atoms with E-state index in [2.05, 4.69) is 60.5 Å². The van der Waals surface area contributed by atoms with Crippen molar-refractivity contribution in [2.75, 3.05) is 57.8 Å². The lowest BCUT2D eigenvalue weighted by Gasteiger charge is -2.34. The highest BCUT2D eigenvalue weighted by Gasteiger charge is 2.35. The maximum Gasteiger partial charge on any atom is 0.319 e. The van der Waals surface area contributed by atoms with Gasteiger partial charge in [0, 0.05) is 94.4 Å². The average Bonchev–Trinajstić information content (AvgIpc) is 3.89. The van der Waals surface area contributed by atoms with Crippen LogP contribution in [0.3, 0.4) is 0 Å². The third-order valence-corrected chi connectivity index (χ3v) is 14.4. The Bertz CT molecular complexity index is 2930. The lowest BCUT2D eigenvalue weighted by atomic mass is 9.88. The largest absolute Gasteiger partial charge is 0.508 e. The molecule has 4 aliphatic heterocycles. The minimum absolute atomic E-state index is 0.0223. The molecule has 0 aliphatic carbocycles. The molecule has 360 valence electrons. The number of benzene rings is 3. The van der Waals surface area contributed by atoms with E-state index in [1.54, 1.807) is 13.2 Å². The third-order valence-electron chi connectivity index (χ3n) is 14.4. The van der Waals surface area contributed by atoms with Crippen molar-refractivity contribution in [3.05, 3.63) is 77.1 Å². The topological polar surface area (TPSA) is 171 Å². The fraction of sp³-hybridized carbons (Fsp3) is 0.442. The van der Waals surface area contributed by atoms with Crippen LogP contribution >= 0.6 is 0 Å². The van der Waals surface area contributed by atoms with Crippen LogP contribution in [0.5, 0.6) is 11.8 Å². The minimum Gasteiger partial charge on any atom is -0.508 e. The summed E-state index contributed by atoms with van der Waals surface area (Å²) in [5, 5.41) is 23.6. The number of anilines is 1. The highest BCUT2D eigenvalue weighted by atomic mass is 19.1. The Kier molecular flexibility index (Phi) is 14.0. The molecule has 0 spiro atoms. The fourth-order valence-corrected chi connectivity index (χ4v) is 10.7. The van der Waals surface area contributed by atoms with Crippen LogP contribution in [0.15, 0.2) is 48.7 Å². The minimum atomic E-state index is -0.709. The summed E-state index contributed by atoms with van der Waals surface area (Å²) >= 11 is 0. The number of phenols is 1. The first-order valence-electron chi connectivity index (χ1n) is 24.0. The van der Waals surface area contributed by atoms with Crippen LogP contribution in [0.25, 0.3) is 43.8 Å². The second kappa shape index (κ2) is 20.4. The van der Waals surface area contributed by atoms with Gasteiger partial charge in [0.05, 0.1) is 28.1 Å². The molecule has 69 heavy (non-hydrogen) atoms. The molecule has 10 rings (SSSR count). The number of rotatable bonds is 12. The van der Waals surface area contributed by atoms with Crippen LogP contribution in [0.2, 0.25) is 0 Å². The highest BCUT2D eigenvalue weighted by Crippen LogP contribution is 2.40. The van der Waals surface area contributed by atoms with Crippen LogP contribution in [0.4, 0.5) is 14.6 Å². The van der Waals surface area contributed by atoms with Crippen LogP contribution < -0.4 is 20.3 Å². The van der Waals surface area contributed by atoms with Gasteiger partial charge in [-0.2, -0.15) is 15.1 Å². The van der Waals surface area contributed by atoms with Crippen molar-refractivity contribution < 1.29 is 33.0 Å². The van der Waals surface area contributed by atoms with E-state index in [0.717, 1.165) is 114 Å². The summed E-state index contributed by atoms with van der Waals surface area (Å²) in [7, 11) is 3.48. The van der Waals surface area contributed by atoms with Gasteiger partial charge in [0.2, 0.25) is 12.3 Å². The number of likely N-dealkylation sites (tertiary alicyclic amines) is 2. The van der Waals surface area contributed by atoms with E-state index in [1.165, 1.54) is 29.8 Å². The number of ether oxygens (including phenoxy) is 1. The molecule has 4 fully saturated rings. The molecule has 0 radical (unpaired) electrons. The van der Waals surface area contributed by atoms with Gasteiger partial charge in [-0.05, 0) is 92.6 Å². The Labute approximate surface area is 399 Å². The van der Waals surface area contributed by atoms with E-state index in [9.17, 15) is 23.9 Å². The summed E-state index contributed by atoms with van der Waals surface area (Å²) < 4.78 is 39.5. The van der Waals surface area contributed by atoms with Gasteiger partial charge in [-0.1, -0.05) is 31.0 Å². The maximum atomic E-state index is 16.6. The number of aromatic hydroxyl groups is 1. The molecule has 3 unspecified atom stereocenters. The molecule has 3 N–H and O–H groups in total. The van der Waals surface area contributed by atoms with Crippen LogP contribution in [-0.2, 0) is 21.4 Å². The average molecular weight is 941 g/mol. The number of terminal acetylenes is 1. The standard InChI is InChI=1S/C32H32F2N6O2.C20H26N4O3/c1-3-23-26(33)8-5-18-13-21(41)14-24(27(18)23)29-28(34)30-25(15-35-29)31(40-16-19-6-7-20(17-40)36-19)38-32(37-30)42-22-9-11-39(4-2)12-10-22;1-21-20(27)17(4-3-11-25)19-16-6-5-15(12-18(16)23(2)22-19)14-7-9-24(13-26)10-8-14/h1,5,8,13-15,19-20,22,36,41H,4,6-7,9-12,16-17H2,2H3;5-6,11-14,17H,3-4,7-10H2,1-2H3,(H,21,27). The highest BCUT2D eigenvalue weighted by molar-refractivity contribution is 6.03. The van der Waals surface area contributed by atoms with Crippen molar-refractivity contribution >= 4 is 57.0 Å². The Morgan fingerprint density at radius 1 is 1.00 bits per heavy atom. The summed E-state index contributed by atoms with van der Waals surface area (Å²) in [4.78, 5) is 54.3. The summed E-state index contributed by atoms with van der Waals surface area (Å²) in [6.07, 6.45) is 15.4. The van der Waals surface area contributed by atoms with Gasteiger partial charge >= 0.3 is 6.01 Å². The number of aryl methyl sites for hydroxylation is 1. The molecular formula is C52H58F2N10O5. The number of halogens is 2. The molecule has 6 aromatic rings. The Morgan fingerprint density at radius 2 is 1.75 bits per heavy atom. The number of pyridine rings is 1. The number of carbonyl (C=O) groups excluding carboxylic acids is 3. The molecule has 3 atom stereocenters. The van der Waals surface area contributed by atoms with Gasteiger partial charge < -0.3 is 40.0 Å². The van der Waals surface area contributed by atoms with Gasteiger partial charge in [-0.3, -0.25) is 19.3 Å². The second-order valence-corrected chi connectivity index (χ2v) is 18.6. The lowest BCUT2D eigenvalue weighted by molar-refractivity contribution is -0.122. The molecule has 4 aliphatic rings. The first-order valence-corrected chi connectivity index (χ1v) is 24.0. The number of phenolic OH excluding ortho intramolecular Hbond substituents is 1. The number of carbonyl (C=O) groups is 3. The number of hydrogen-bond acceptors (Lipinski definition) is 12. The molecule has 0 saturated carbocycles. The maximum absolute atomic E-state index is 16.6.